The van der Waals surface area contributed by atoms with Crippen LogP contribution >= 0.6 is 0 Å². The van der Waals surface area contributed by atoms with Gasteiger partial charge >= 0.3 is 0 Å². The molecule has 0 saturated carbocycles. The van der Waals surface area contributed by atoms with Crippen LogP contribution in [0.25, 0.3) is 0 Å². The molecule has 4 heteroatoms. The number of hydrogen-bond donors (Lipinski definition) is 1. The number of ketones is 1. The van der Waals surface area contributed by atoms with E-state index in [0.717, 1.165) is 0 Å². The van der Waals surface area contributed by atoms with Gasteiger partial charge in [-0.2, -0.15) is 0 Å². The summed E-state index contributed by atoms with van der Waals surface area (Å²) in [5.41, 5.74) is 6.62. The first-order chi connectivity index (χ1) is 9.08. The van der Waals surface area contributed by atoms with E-state index in [4.69, 9.17) is 10.5 Å². The van der Waals surface area contributed by atoms with Gasteiger partial charge in [0.1, 0.15) is 11.6 Å². The van der Waals surface area contributed by atoms with Crippen LogP contribution in [-0.2, 0) is 0 Å². The molecule has 0 aliphatic heterocycles. The number of rotatable bonds is 4. The minimum Gasteiger partial charge on any atom is -0.480 e. The normalized spacial score (nSPS) is 11.9. The molecule has 1 unspecified atom stereocenters. The third kappa shape index (κ3) is 3.10. The maximum atomic E-state index is 12.8. The Morgan fingerprint density at radius 2 is 1.79 bits per heavy atom. The van der Waals surface area contributed by atoms with Crippen LogP contribution in [0, 0.1) is 5.82 Å². The molecule has 3 nitrogen and oxygen atoms in total. The zero-order valence-electron chi connectivity index (χ0n) is 10.5. The highest BCUT2D eigenvalue weighted by molar-refractivity contribution is 5.99. The number of carbonyl (C=O) groups excluding carboxylic acids is 1. The van der Waals surface area contributed by atoms with Crippen LogP contribution in [0.5, 0.6) is 5.75 Å². The van der Waals surface area contributed by atoms with Crippen molar-refractivity contribution < 1.29 is 13.9 Å². The molecule has 0 spiro atoms. The van der Waals surface area contributed by atoms with Crippen molar-refractivity contribution in [3.63, 3.8) is 0 Å². The molecule has 0 fully saturated rings. The summed E-state index contributed by atoms with van der Waals surface area (Å²) in [6.07, 6.45) is -0.685. The SMILES string of the molecule is CC(Oc1ccccc1N)C(=O)c1ccc(F)cc1. The van der Waals surface area contributed by atoms with Gasteiger partial charge in [-0.05, 0) is 43.3 Å². The molecule has 0 aromatic heterocycles. The minimum absolute atomic E-state index is 0.219. The van der Waals surface area contributed by atoms with Gasteiger partial charge in [0.05, 0.1) is 5.69 Å². The van der Waals surface area contributed by atoms with E-state index < -0.39 is 6.10 Å². The topological polar surface area (TPSA) is 52.3 Å². The predicted molar refractivity (Wildman–Crippen MR) is 71.7 cm³/mol. The van der Waals surface area contributed by atoms with Crippen molar-refractivity contribution in [2.24, 2.45) is 0 Å². The second-order valence-electron chi connectivity index (χ2n) is 4.17. The van der Waals surface area contributed by atoms with Crippen LogP contribution in [0.1, 0.15) is 17.3 Å². The van der Waals surface area contributed by atoms with E-state index in [1.165, 1.54) is 24.3 Å². The zero-order valence-corrected chi connectivity index (χ0v) is 10.5. The van der Waals surface area contributed by atoms with Crippen molar-refractivity contribution >= 4 is 11.5 Å². The Kier molecular flexibility index (Phi) is 3.80. The van der Waals surface area contributed by atoms with Crippen molar-refractivity contribution in [2.75, 3.05) is 5.73 Å². The Hall–Kier alpha value is -2.36. The molecule has 1 atom stereocenters. The minimum atomic E-state index is -0.685. The van der Waals surface area contributed by atoms with Crippen molar-refractivity contribution in [3.8, 4) is 5.75 Å². The zero-order chi connectivity index (χ0) is 13.8. The van der Waals surface area contributed by atoms with Gasteiger partial charge in [0, 0.05) is 5.56 Å². The maximum Gasteiger partial charge on any atom is 0.202 e. The van der Waals surface area contributed by atoms with Gasteiger partial charge in [-0.1, -0.05) is 12.1 Å². The summed E-state index contributed by atoms with van der Waals surface area (Å²) in [7, 11) is 0. The molecule has 0 aliphatic carbocycles. The number of Topliss-reactive ketones (excluding diaryl/α,β-unsaturated/α-hetero) is 1. The third-order valence-corrected chi connectivity index (χ3v) is 2.72. The Morgan fingerprint density at radius 3 is 2.42 bits per heavy atom. The smallest absolute Gasteiger partial charge is 0.202 e. The summed E-state index contributed by atoms with van der Waals surface area (Å²) in [5.74, 6) is -0.133. The summed E-state index contributed by atoms with van der Waals surface area (Å²) in [4.78, 5) is 12.1. The summed E-state index contributed by atoms with van der Waals surface area (Å²) in [5, 5.41) is 0. The molecule has 0 aliphatic rings. The molecular formula is C15H14FNO2. The lowest BCUT2D eigenvalue weighted by Gasteiger charge is -2.15. The number of anilines is 1. The second-order valence-corrected chi connectivity index (χ2v) is 4.17. The molecule has 0 amide bonds. The Morgan fingerprint density at radius 1 is 1.16 bits per heavy atom. The Balaban J connectivity index is 2.12. The van der Waals surface area contributed by atoms with Gasteiger partial charge in [-0.15, -0.1) is 0 Å². The highest BCUT2D eigenvalue weighted by Gasteiger charge is 2.17. The number of halogens is 1. The van der Waals surface area contributed by atoms with Crippen LogP contribution in [0.15, 0.2) is 48.5 Å². The number of benzene rings is 2. The molecule has 2 rings (SSSR count). The van der Waals surface area contributed by atoms with Crippen molar-refractivity contribution in [1.29, 1.82) is 0 Å². The van der Waals surface area contributed by atoms with E-state index in [2.05, 4.69) is 0 Å². The summed E-state index contributed by atoms with van der Waals surface area (Å²) < 4.78 is 18.3. The molecule has 0 bridgehead atoms. The van der Waals surface area contributed by atoms with Gasteiger partial charge in [0.2, 0.25) is 5.78 Å². The number of hydrogen-bond acceptors (Lipinski definition) is 3. The van der Waals surface area contributed by atoms with Crippen LogP contribution in [-0.4, -0.2) is 11.9 Å². The quantitative estimate of drug-likeness (QED) is 0.678. The number of para-hydroxylation sites is 2. The fourth-order valence-corrected chi connectivity index (χ4v) is 1.68. The van der Waals surface area contributed by atoms with Crippen molar-refractivity contribution in [3.05, 3.63) is 59.9 Å². The van der Waals surface area contributed by atoms with Crippen LogP contribution in [0.2, 0.25) is 0 Å². The lowest BCUT2D eigenvalue weighted by atomic mass is 10.1. The van der Waals surface area contributed by atoms with Gasteiger partial charge in [-0.25, -0.2) is 4.39 Å². The van der Waals surface area contributed by atoms with Gasteiger partial charge in [-0.3, -0.25) is 4.79 Å². The number of carbonyl (C=O) groups is 1. The van der Waals surface area contributed by atoms with E-state index in [-0.39, 0.29) is 11.6 Å². The number of nitrogen functional groups attached to an aromatic ring is 1. The van der Waals surface area contributed by atoms with Crippen LogP contribution in [0.3, 0.4) is 0 Å². The van der Waals surface area contributed by atoms with Gasteiger partial charge < -0.3 is 10.5 Å². The highest BCUT2D eigenvalue weighted by Crippen LogP contribution is 2.22. The summed E-state index contributed by atoms with van der Waals surface area (Å²) in [6, 6.07) is 12.3. The molecule has 98 valence electrons. The van der Waals surface area contributed by atoms with Crippen LogP contribution in [0.4, 0.5) is 10.1 Å². The van der Waals surface area contributed by atoms with Crippen molar-refractivity contribution in [1.82, 2.24) is 0 Å². The average molecular weight is 259 g/mol. The molecule has 19 heavy (non-hydrogen) atoms. The van der Waals surface area contributed by atoms with Gasteiger partial charge in [0.15, 0.2) is 6.10 Å². The average Bonchev–Trinajstić information content (AvgIpc) is 2.41. The second kappa shape index (κ2) is 5.52. The standard InChI is InChI=1S/C15H14FNO2/c1-10(19-14-5-3-2-4-13(14)17)15(18)11-6-8-12(16)9-7-11/h2-10H,17H2,1H3. The third-order valence-electron chi connectivity index (χ3n) is 2.72. The number of nitrogens with two attached hydrogens (primary N) is 1. The van der Waals surface area contributed by atoms with Crippen LogP contribution < -0.4 is 10.5 Å². The maximum absolute atomic E-state index is 12.8. The Bertz CT molecular complexity index is 581. The molecule has 2 aromatic rings. The predicted octanol–water partition coefficient (Wildman–Crippen LogP) is 3.06. The largest absolute Gasteiger partial charge is 0.480 e. The molecular weight excluding hydrogens is 245 g/mol. The van der Waals surface area contributed by atoms with Gasteiger partial charge in [0.25, 0.3) is 0 Å². The summed E-state index contributed by atoms with van der Waals surface area (Å²) >= 11 is 0. The molecule has 0 radical (unpaired) electrons. The Labute approximate surface area is 110 Å². The highest BCUT2D eigenvalue weighted by atomic mass is 19.1. The summed E-state index contributed by atoms with van der Waals surface area (Å²) in [6.45, 7) is 1.64. The van der Waals surface area contributed by atoms with E-state index in [0.29, 0.717) is 17.0 Å². The lowest BCUT2D eigenvalue weighted by molar-refractivity contribution is 0.0819. The fourth-order valence-electron chi connectivity index (χ4n) is 1.68. The monoisotopic (exact) mass is 259 g/mol. The number of ether oxygens (including phenoxy) is 1. The van der Waals surface area contributed by atoms with E-state index in [1.807, 2.05) is 0 Å². The molecule has 2 N–H and O–H groups in total. The van der Waals surface area contributed by atoms with Crippen molar-refractivity contribution in [2.45, 2.75) is 13.0 Å². The fraction of sp³-hybridized carbons (Fsp3) is 0.133. The lowest BCUT2D eigenvalue weighted by Crippen LogP contribution is -2.24. The molecule has 2 aromatic carbocycles. The van der Waals surface area contributed by atoms with E-state index >= 15 is 0 Å². The molecule has 0 saturated heterocycles. The van der Waals surface area contributed by atoms with E-state index in [9.17, 15) is 9.18 Å². The van der Waals surface area contributed by atoms with E-state index in [1.54, 1.807) is 31.2 Å². The first kappa shape index (κ1) is 13.1. The first-order valence-corrected chi connectivity index (χ1v) is 5.89. The molecule has 0 heterocycles. The first-order valence-electron chi connectivity index (χ1n) is 5.89.